The van der Waals surface area contributed by atoms with Crippen molar-refractivity contribution in [3.05, 3.63) is 76.3 Å². The normalized spacial score (nSPS) is 10.8. The van der Waals surface area contributed by atoms with E-state index in [0.717, 1.165) is 11.1 Å². The fourth-order valence-electron chi connectivity index (χ4n) is 3.23. The molecule has 1 heterocycles. The van der Waals surface area contributed by atoms with Crippen molar-refractivity contribution >= 4 is 22.8 Å². The van der Waals surface area contributed by atoms with Crippen LogP contribution in [0.5, 0.6) is 0 Å². The Balaban J connectivity index is 1.69. The third kappa shape index (κ3) is 5.07. The number of amides is 1. The second kappa shape index (κ2) is 9.14. The van der Waals surface area contributed by atoms with Gasteiger partial charge >= 0.3 is 5.97 Å². The fourth-order valence-corrected chi connectivity index (χ4v) is 3.23. The summed E-state index contributed by atoms with van der Waals surface area (Å²) in [6.07, 6.45) is 2.04. The number of aliphatic carboxylic acids is 1. The second-order valence-electron chi connectivity index (χ2n) is 6.91. The van der Waals surface area contributed by atoms with Crippen molar-refractivity contribution in [3.8, 4) is 0 Å². The quantitative estimate of drug-likeness (QED) is 0.634. The van der Waals surface area contributed by atoms with E-state index in [2.05, 4.69) is 4.98 Å². The van der Waals surface area contributed by atoms with Crippen LogP contribution in [0.15, 0.2) is 59.7 Å². The van der Waals surface area contributed by atoms with Gasteiger partial charge in [0.1, 0.15) is 6.54 Å². The van der Waals surface area contributed by atoms with E-state index in [-0.39, 0.29) is 31.0 Å². The highest BCUT2D eigenvalue weighted by molar-refractivity contribution is 5.82. The number of fused-ring (bicyclic) bond motifs is 1. The lowest BCUT2D eigenvalue weighted by Gasteiger charge is -2.21. The maximum absolute atomic E-state index is 12.7. The number of carboxylic acids is 1. The molecule has 1 aromatic heterocycles. The van der Waals surface area contributed by atoms with Crippen molar-refractivity contribution in [2.24, 2.45) is 0 Å². The molecule has 0 bridgehead atoms. The monoisotopic (exact) mass is 393 g/mol. The average Bonchev–Trinajstić information content (AvgIpc) is 2.71. The van der Waals surface area contributed by atoms with Gasteiger partial charge < -0.3 is 10.0 Å². The minimum absolute atomic E-state index is 0.0287. The summed E-state index contributed by atoms with van der Waals surface area (Å²) in [5, 5.41) is 9.65. The van der Waals surface area contributed by atoms with E-state index in [4.69, 9.17) is 5.11 Å². The average molecular weight is 393 g/mol. The minimum Gasteiger partial charge on any atom is -0.480 e. The lowest BCUT2D eigenvalue weighted by molar-refractivity contribution is -0.144. The number of nitrogens with zero attached hydrogens (tertiary/aromatic N) is 3. The molecule has 29 heavy (non-hydrogen) atoms. The number of aromatic nitrogens is 2. The van der Waals surface area contributed by atoms with Crippen molar-refractivity contribution in [2.45, 2.75) is 26.3 Å². The predicted octanol–water partition coefficient (Wildman–Crippen LogP) is 2.25. The SMILES string of the molecule is Cc1cccc2c(=O)n(CCC(=O)N(CCc3ccccc3)CC(=O)O)cnc12. The molecule has 1 amide bonds. The molecule has 0 fully saturated rings. The molecule has 0 radical (unpaired) electrons. The van der Waals surface area contributed by atoms with Gasteiger partial charge in [0.15, 0.2) is 0 Å². The first-order valence-corrected chi connectivity index (χ1v) is 9.44. The van der Waals surface area contributed by atoms with E-state index >= 15 is 0 Å². The molecule has 0 spiro atoms. The Kier molecular flexibility index (Phi) is 6.39. The first kappa shape index (κ1) is 20.3. The molecule has 0 unspecified atom stereocenters. The lowest BCUT2D eigenvalue weighted by atomic mass is 10.1. The molecule has 1 N–H and O–H groups in total. The van der Waals surface area contributed by atoms with Gasteiger partial charge in [-0.15, -0.1) is 0 Å². The van der Waals surface area contributed by atoms with E-state index in [1.54, 1.807) is 12.1 Å². The van der Waals surface area contributed by atoms with Crippen molar-refractivity contribution in [1.82, 2.24) is 14.5 Å². The molecule has 0 aliphatic carbocycles. The van der Waals surface area contributed by atoms with E-state index in [1.807, 2.05) is 43.3 Å². The van der Waals surface area contributed by atoms with Crippen LogP contribution in [0.25, 0.3) is 10.9 Å². The molecular weight excluding hydrogens is 370 g/mol. The van der Waals surface area contributed by atoms with Crippen LogP contribution in [0.2, 0.25) is 0 Å². The third-order valence-corrected chi connectivity index (χ3v) is 4.81. The van der Waals surface area contributed by atoms with Crippen LogP contribution < -0.4 is 5.56 Å². The van der Waals surface area contributed by atoms with E-state index < -0.39 is 5.97 Å². The maximum atomic E-state index is 12.7. The van der Waals surface area contributed by atoms with Gasteiger partial charge in [-0.3, -0.25) is 19.0 Å². The van der Waals surface area contributed by atoms with Crippen molar-refractivity contribution in [1.29, 1.82) is 0 Å². The summed E-state index contributed by atoms with van der Waals surface area (Å²) in [6, 6.07) is 15.0. The number of carbonyl (C=O) groups is 2. The zero-order valence-corrected chi connectivity index (χ0v) is 16.2. The highest BCUT2D eigenvalue weighted by Gasteiger charge is 2.17. The molecule has 0 aliphatic heterocycles. The van der Waals surface area contributed by atoms with Crippen LogP contribution in [0.3, 0.4) is 0 Å². The summed E-state index contributed by atoms with van der Waals surface area (Å²) >= 11 is 0. The summed E-state index contributed by atoms with van der Waals surface area (Å²) in [4.78, 5) is 42.1. The number of para-hydroxylation sites is 1. The predicted molar refractivity (Wildman–Crippen MR) is 110 cm³/mol. The number of hydrogen-bond acceptors (Lipinski definition) is 4. The number of rotatable bonds is 8. The summed E-state index contributed by atoms with van der Waals surface area (Å²) < 4.78 is 1.40. The van der Waals surface area contributed by atoms with Crippen LogP contribution in [0, 0.1) is 6.92 Å². The fraction of sp³-hybridized carbons (Fsp3) is 0.273. The van der Waals surface area contributed by atoms with Gasteiger partial charge in [-0.05, 0) is 30.5 Å². The molecular formula is C22H23N3O4. The van der Waals surface area contributed by atoms with Gasteiger partial charge in [-0.25, -0.2) is 4.98 Å². The maximum Gasteiger partial charge on any atom is 0.323 e. The molecule has 7 nitrogen and oxygen atoms in total. The smallest absolute Gasteiger partial charge is 0.323 e. The Morgan fingerprint density at radius 3 is 2.59 bits per heavy atom. The molecule has 2 aromatic carbocycles. The second-order valence-corrected chi connectivity index (χ2v) is 6.91. The molecule has 0 atom stereocenters. The highest BCUT2D eigenvalue weighted by Crippen LogP contribution is 2.11. The van der Waals surface area contributed by atoms with Gasteiger partial charge in [0.2, 0.25) is 5.91 Å². The van der Waals surface area contributed by atoms with Crippen LogP contribution >= 0.6 is 0 Å². The van der Waals surface area contributed by atoms with E-state index in [9.17, 15) is 14.4 Å². The van der Waals surface area contributed by atoms with Crippen LogP contribution in [-0.4, -0.2) is 44.5 Å². The van der Waals surface area contributed by atoms with Gasteiger partial charge in [0.25, 0.3) is 5.56 Å². The first-order chi connectivity index (χ1) is 14.0. The standard InChI is InChI=1S/C22H23N3O4/c1-16-6-5-9-18-21(16)23-15-25(22(18)29)13-11-19(26)24(14-20(27)28)12-10-17-7-3-2-4-8-17/h2-9,15H,10-14H2,1H3,(H,27,28). The molecule has 150 valence electrons. The molecule has 0 saturated carbocycles. The van der Waals surface area contributed by atoms with Gasteiger partial charge in [-0.1, -0.05) is 42.5 Å². The van der Waals surface area contributed by atoms with Crippen molar-refractivity contribution in [2.75, 3.05) is 13.1 Å². The molecule has 3 rings (SSSR count). The van der Waals surface area contributed by atoms with Gasteiger partial charge in [0, 0.05) is 19.5 Å². The Labute approximate surface area is 168 Å². The van der Waals surface area contributed by atoms with E-state index in [0.29, 0.717) is 23.9 Å². The molecule has 7 heteroatoms. The van der Waals surface area contributed by atoms with Crippen molar-refractivity contribution in [3.63, 3.8) is 0 Å². The number of aryl methyl sites for hydroxylation is 2. The lowest BCUT2D eigenvalue weighted by Crippen LogP contribution is -2.38. The first-order valence-electron chi connectivity index (χ1n) is 9.44. The van der Waals surface area contributed by atoms with Crippen LogP contribution in [-0.2, 0) is 22.6 Å². The Morgan fingerprint density at radius 1 is 1.10 bits per heavy atom. The third-order valence-electron chi connectivity index (χ3n) is 4.81. The van der Waals surface area contributed by atoms with Gasteiger partial charge in [0.05, 0.1) is 17.2 Å². The minimum atomic E-state index is -1.06. The zero-order valence-electron chi connectivity index (χ0n) is 16.2. The molecule has 0 aliphatic rings. The summed E-state index contributed by atoms with van der Waals surface area (Å²) in [6.45, 7) is 1.98. The van der Waals surface area contributed by atoms with Gasteiger partial charge in [-0.2, -0.15) is 0 Å². The number of carboxylic acid groups (broad SMARTS) is 1. The summed E-state index contributed by atoms with van der Waals surface area (Å²) in [5.41, 5.74) is 2.38. The highest BCUT2D eigenvalue weighted by atomic mass is 16.4. The Morgan fingerprint density at radius 2 is 1.86 bits per heavy atom. The van der Waals surface area contributed by atoms with E-state index in [1.165, 1.54) is 15.8 Å². The topological polar surface area (TPSA) is 92.5 Å². The summed E-state index contributed by atoms with van der Waals surface area (Å²) in [7, 11) is 0. The number of benzene rings is 2. The Hall–Kier alpha value is -3.48. The zero-order chi connectivity index (χ0) is 20.8. The number of carbonyl (C=O) groups excluding carboxylic acids is 1. The van der Waals surface area contributed by atoms with Crippen LogP contribution in [0.1, 0.15) is 17.5 Å². The molecule has 3 aromatic rings. The van der Waals surface area contributed by atoms with Crippen LogP contribution in [0.4, 0.5) is 0 Å². The largest absolute Gasteiger partial charge is 0.480 e. The molecule has 0 saturated heterocycles. The Bertz CT molecular complexity index is 1080. The number of hydrogen-bond donors (Lipinski definition) is 1. The summed E-state index contributed by atoms with van der Waals surface area (Å²) in [5.74, 6) is -1.37. The van der Waals surface area contributed by atoms with Crippen molar-refractivity contribution < 1.29 is 14.7 Å².